The minimum atomic E-state index is 0.0661. The molecule has 0 bridgehead atoms. The van der Waals surface area contributed by atoms with Crippen molar-refractivity contribution in [2.75, 3.05) is 13.1 Å². The van der Waals surface area contributed by atoms with Gasteiger partial charge in [-0.3, -0.25) is 15.2 Å². The number of carbonyl (C=O) groups excluding carboxylic acids is 1. The lowest BCUT2D eigenvalue weighted by Gasteiger charge is -2.26. The average Bonchev–Trinajstić information content (AvgIpc) is 3.27. The first kappa shape index (κ1) is 19.8. The molecule has 30 heavy (non-hydrogen) atoms. The summed E-state index contributed by atoms with van der Waals surface area (Å²) < 4.78 is 0. The summed E-state index contributed by atoms with van der Waals surface area (Å²) in [5.74, 6) is 0.132. The van der Waals surface area contributed by atoms with Crippen molar-refractivity contribution in [1.82, 2.24) is 9.88 Å². The predicted molar refractivity (Wildman–Crippen MR) is 123 cm³/mol. The number of nitrogens with zero attached hydrogens (tertiary/aromatic N) is 2. The van der Waals surface area contributed by atoms with Gasteiger partial charge in [0.05, 0.1) is 4.88 Å². The molecule has 0 saturated carbocycles. The standard InChI is InChI=1S/C24H22N4OS/c25-23(26)21-3-1-2-20(15-21)19-8-12-28(13-9-19)24(29)22-14-18(16-30-22)5-4-17-6-10-27-11-7-17/h1-8,10-11,14-16H,9,12-13H2,(H3,25,26)/b5-4+. The van der Waals surface area contributed by atoms with Crippen LogP contribution in [0.3, 0.4) is 0 Å². The summed E-state index contributed by atoms with van der Waals surface area (Å²) in [6.07, 6.45) is 10.4. The van der Waals surface area contributed by atoms with E-state index in [1.54, 1.807) is 12.4 Å². The Labute approximate surface area is 179 Å². The van der Waals surface area contributed by atoms with Crippen LogP contribution in [0.25, 0.3) is 17.7 Å². The summed E-state index contributed by atoms with van der Waals surface area (Å²) in [4.78, 5) is 19.5. The van der Waals surface area contributed by atoms with Crippen molar-refractivity contribution >= 4 is 40.8 Å². The topological polar surface area (TPSA) is 83.1 Å². The summed E-state index contributed by atoms with van der Waals surface area (Å²) in [5.41, 5.74) is 10.7. The lowest BCUT2D eigenvalue weighted by Crippen LogP contribution is -2.34. The van der Waals surface area contributed by atoms with Crippen LogP contribution < -0.4 is 5.73 Å². The molecule has 0 aliphatic carbocycles. The number of hydrogen-bond acceptors (Lipinski definition) is 4. The van der Waals surface area contributed by atoms with Gasteiger partial charge in [-0.15, -0.1) is 11.3 Å². The van der Waals surface area contributed by atoms with E-state index in [1.165, 1.54) is 16.9 Å². The Kier molecular flexibility index (Phi) is 5.86. The largest absolute Gasteiger partial charge is 0.384 e. The third kappa shape index (κ3) is 4.55. The van der Waals surface area contributed by atoms with E-state index in [0.717, 1.165) is 33.6 Å². The molecule has 0 unspecified atom stereocenters. The van der Waals surface area contributed by atoms with Gasteiger partial charge in [-0.1, -0.05) is 36.4 Å². The lowest BCUT2D eigenvalue weighted by molar-refractivity contribution is 0.0777. The zero-order valence-corrected chi connectivity index (χ0v) is 17.2. The molecule has 1 aliphatic heterocycles. The van der Waals surface area contributed by atoms with Gasteiger partial charge in [0.1, 0.15) is 5.84 Å². The normalized spacial score (nSPS) is 14.0. The first-order chi connectivity index (χ1) is 14.6. The smallest absolute Gasteiger partial charge is 0.264 e. The van der Waals surface area contributed by atoms with E-state index in [1.807, 2.05) is 64.9 Å². The highest BCUT2D eigenvalue weighted by atomic mass is 32.1. The van der Waals surface area contributed by atoms with Crippen LogP contribution in [0.4, 0.5) is 0 Å². The highest BCUT2D eigenvalue weighted by Crippen LogP contribution is 2.25. The molecule has 6 heteroatoms. The zero-order valence-electron chi connectivity index (χ0n) is 16.4. The average molecular weight is 415 g/mol. The van der Waals surface area contributed by atoms with E-state index in [9.17, 15) is 4.79 Å². The van der Waals surface area contributed by atoms with Crippen molar-refractivity contribution in [3.63, 3.8) is 0 Å². The maximum atomic E-state index is 12.9. The highest BCUT2D eigenvalue weighted by molar-refractivity contribution is 7.12. The van der Waals surface area contributed by atoms with Crippen LogP contribution in [0.2, 0.25) is 0 Å². The fourth-order valence-corrected chi connectivity index (χ4v) is 4.22. The van der Waals surface area contributed by atoms with Gasteiger partial charge in [0.2, 0.25) is 0 Å². The van der Waals surface area contributed by atoms with E-state index in [2.05, 4.69) is 11.1 Å². The quantitative estimate of drug-likeness (QED) is 0.475. The van der Waals surface area contributed by atoms with Crippen LogP contribution >= 0.6 is 11.3 Å². The van der Waals surface area contributed by atoms with Crippen molar-refractivity contribution < 1.29 is 4.79 Å². The Morgan fingerprint density at radius 3 is 2.67 bits per heavy atom. The predicted octanol–water partition coefficient (Wildman–Crippen LogP) is 4.53. The van der Waals surface area contributed by atoms with Crippen molar-refractivity contribution in [1.29, 1.82) is 5.41 Å². The molecule has 0 saturated heterocycles. The highest BCUT2D eigenvalue weighted by Gasteiger charge is 2.20. The number of thiophene rings is 1. The number of rotatable bonds is 5. The van der Waals surface area contributed by atoms with E-state index >= 15 is 0 Å². The van der Waals surface area contributed by atoms with Crippen molar-refractivity contribution in [2.45, 2.75) is 6.42 Å². The molecule has 150 valence electrons. The zero-order chi connectivity index (χ0) is 20.9. The number of benzene rings is 1. The number of pyridine rings is 1. The first-order valence-electron chi connectivity index (χ1n) is 9.70. The number of amidine groups is 1. The van der Waals surface area contributed by atoms with Gasteiger partial charge in [-0.25, -0.2) is 0 Å². The second-order valence-electron chi connectivity index (χ2n) is 7.08. The van der Waals surface area contributed by atoms with E-state index < -0.39 is 0 Å². The van der Waals surface area contributed by atoms with Gasteiger partial charge in [0.25, 0.3) is 5.91 Å². The second kappa shape index (κ2) is 8.88. The number of amides is 1. The summed E-state index contributed by atoms with van der Waals surface area (Å²) in [5, 5.41) is 9.61. The third-order valence-electron chi connectivity index (χ3n) is 5.05. The number of hydrogen-bond donors (Lipinski definition) is 2. The van der Waals surface area contributed by atoms with Gasteiger partial charge < -0.3 is 10.6 Å². The van der Waals surface area contributed by atoms with Crippen LogP contribution in [0.1, 0.15) is 38.3 Å². The molecule has 3 aromatic rings. The minimum Gasteiger partial charge on any atom is -0.384 e. The number of nitrogens with one attached hydrogen (secondary N) is 1. The third-order valence-corrected chi connectivity index (χ3v) is 5.98. The molecule has 0 spiro atoms. The Morgan fingerprint density at radius 1 is 1.13 bits per heavy atom. The molecule has 4 rings (SSSR count). The van der Waals surface area contributed by atoms with E-state index in [0.29, 0.717) is 13.1 Å². The van der Waals surface area contributed by atoms with Gasteiger partial charge in [-0.05, 0) is 58.3 Å². The molecular weight excluding hydrogens is 392 g/mol. The maximum Gasteiger partial charge on any atom is 0.264 e. The molecule has 0 atom stereocenters. The molecule has 1 amide bonds. The number of aromatic nitrogens is 1. The molecule has 0 radical (unpaired) electrons. The van der Waals surface area contributed by atoms with Crippen LogP contribution in [-0.2, 0) is 0 Å². The van der Waals surface area contributed by atoms with Gasteiger partial charge in [0, 0.05) is 31.0 Å². The fourth-order valence-electron chi connectivity index (χ4n) is 3.38. The molecule has 3 N–H and O–H groups in total. The molecule has 1 aliphatic rings. The van der Waals surface area contributed by atoms with Crippen molar-refractivity contribution in [3.05, 3.63) is 93.4 Å². The fraction of sp³-hybridized carbons (Fsp3) is 0.125. The molecule has 5 nitrogen and oxygen atoms in total. The lowest BCUT2D eigenvalue weighted by atomic mass is 9.97. The summed E-state index contributed by atoms with van der Waals surface area (Å²) >= 11 is 1.48. The van der Waals surface area contributed by atoms with E-state index in [-0.39, 0.29) is 11.7 Å². The van der Waals surface area contributed by atoms with Crippen LogP contribution in [0.15, 0.2) is 66.3 Å². The molecule has 0 fully saturated rings. The van der Waals surface area contributed by atoms with Crippen LogP contribution in [0, 0.1) is 5.41 Å². The van der Waals surface area contributed by atoms with Gasteiger partial charge in [0.15, 0.2) is 0 Å². The Bertz CT molecular complexity index is 1130. The van der Waals surface area contributed by atoms with Crippen LogP contribution in [-0.4, -0.2) is 34.7 Å². The van der Waals surface area contributed by atoms with Gasteiger partial charge in [-0.2, -0.15) is 0 Å². The number of nitrogens with two attached hydrogens (primary N) is 1. The Balaban J connectivity index is 1.42. The van der Waals surface area contributed by atoms with E-state index in [4.69, 9.17) is 11.1 Å². The molecular formula is C24H22N4OS. The number of nitrogen functional groups attached to an aromatic ring is 1. The first-order valence-corrected chi connectivity index (χ1v) is 10.6. The minimum absolute atomic E-state index is 0.0661. The van der Waals surface area contributed by atoms with Gasteiger partial charge >= 0.3 is 0 Å². The Hall–Kier alpha value is -3.51. The van der Waals surface area contributed by atoms with Crippen molar-refractivity contribution in [2.24, 2.45) is 5.73 Å². The summed E-state index contributed by atoms with van der Waals surface area (Å²) in [6.45, 7) is 1.26. The molecule has 1 aromatic carbocycles. The summed E-state index contributed by atoms with van der Waals surface area (Å²) in [6, 6.07) is 13.5. The maximum absolute atomic E-state index is 12.9. The monoisotopic (exact) mass is 414 g/mol. The molecule has 3 heterocycles. The van der Waals surface area contributed by atoms with Crippen molar-refractivity contribution in [3.8, 4) is 0 Å². The SMILES string of the molecule is N=C(N)c1cccc(C2=CCN(C(=O)c3cc(/C=C/c4ccncc4)cs3)CC2)c1. The summed E-state index contributed by atoms with van der Waals surface area (Å²) in [7, 11) is 0. The second-order valence-corrected chi connectivity index (χ2v) is 7.99. The molecule has 2 aromatic heterocycles. The number of carbonyl (C=O) groups is 1. The Morgan fingerprint density at radius 2 is 1.93 bits per heavy atom. The van der Waals surface area contributed by atoms with Crippen LogP contribution in [0.5, 0.6) is 0 Å².